The van der Waals surface area contributed by atoms with Crippen molar-refractivity contribution in [1.82, 2.24) is 5.32 Å². The molecule has 2 atom stereocenters. The zero-order valence-corrected chi connectivity index (χ0v) is 11.6. The average Bonchev–Trinajstić information content (AvgIpc) is 2.38. The van der Waals surface area contributed by atoms with Gasteiger partial charge in [0.1, 0.15) is 0 Å². The van der Waals surface area contributed by atoms with Gasteiger partial charge in [0.05, 0.1) is 0 Å². The van der Waals surface area contributed by atoms with Crippen LogP contribution in [0.25, 0.3) is 0 Å². The highest BCUT2D eigenvalue weighted by molar-refractivity contribution is 5.77. The van der Waals surface area contributed by atoms with Crippen LogP contribution in [0.1, 0.15) is 44.6 Å². The molecule has 0 aromatic heterocycles. The lowest BCUT2D eigenvalue weighted by molar-refractivity contribution is -0.122. The van der Waals surface area contributed by atoms with Gasteiger partial charge >= 0.3 is 0 Å². The van der Waals surface area contributed by atoms with E-state index in [2.05, 4.69) is 11.2 Å². The monoisotopic (exact) mass is 258 g/mol. The Labute approximate surface area is 115 Å². The third-order valence-electron chi connectivity index (χ3n) is 3.22. The lowest BCUT2D eigenvalue weighted by atomic mass is 9.97. The van der Waals surface area contributed by atoms with Gasteiger partial charge in [-0.1, -0.05) is 26.0 Å². The molecule has 0 bridgehead atoms. The van der Waals surface area contributed by atoms with Gasteiger partial charge in [-0.05, 0) is 30.0 Å². The van der Waals surface area contributed by atoms with Crippen molar-refractivity contribution < 1.29 is 4.79 Å². The summed E-state index contributed by atoms with van der Waals surface area (Å²) in [7, 11) is 0. The number of hydrogen-bond acceptors (Lipinski definition) is 2. The molecule has 0 saturated carbocycles. The molecule has 1 aromatic rings. The number of carbonyl (C=O) groups excluding carboxylic acids is 1. The van der Waals surface area contributed by atoms with E-state index >= 15 is 0 Å². The fraction of sp³-hybridized carbons (Fsp3) is 0.438. The Balaban J connectivity index is 2.52. The highest BCUT2D eigenvalue weighted by Gasteiger charge is 2.14. The van der Waals surface area contributed by atoms with Crippen LogP contribution in [-0.2, 0) is 4.79 Å². The molecular formula is C16H22N2O. The molecule has 0 radical (unpaired) electrons. The molecule has 2 unspecified atom stereocenters. The van der Waals surface area contributed by atoms with Gasteiger partial charge in [0.25, 0.3) is 0 Å². The lowest BCUT2D eigenvalue weighted by Gasteiger charge is -2.17. The fourth-order valence-corrected chi connectivity index (χ4v) is 1.95. The smallest absolute Gasteiger partial charge is 0.220 e. The van der Waals surface area contributed by atoms with Crippen LogP contribution in [0.15, 0.2) is 24.3 Å². The Kier molecular flexibility index (Phi) is 5.95. The zero-order chi connectivity index (χ0) is 14.3. The maximum Gasteiger partial charge on any atom is 0.220 e. The van der Waals surface area contributed by atoms with Crippen molar-refractivity contribution in [3.8, 4) is 12.3 Å². The molecule has 1 amide bonds. The summed E-state index contributed by atoms with van der Waals surface area (Å²) in [6.45, 7) is 4.05. The maximum absolute atomic E-state index is 11.9. The van der Waals surface area contributed by atoms with Gasteiger partial charge in [0.15, 0.2) is 0 Å². The molecule has 3 heteroatoms. The number of terminal acetylenes is 1. The number of nitrogens with two attached hydrogens (primary N) is 1. The number of nitrogens with one attached hydrogen (secondary N) is 1. The molecule has 0 heterocycles. The number of anilines is 1. The molecule has 102 valence electrons. The van der Waals surface area contributed by atoms with Crippen LogP contribution in [0.4, 0.5) is 5.69 Å². The van der Waals surface area contributed by atoms with Crippen LogP contribution in [0, 0.1) is 12.3 Å². The third kappa shape index (κ3) is 5.05. The Hall–Kier alpha value is -1.95. The molecule has 1 rings (SSSR count). The normalized spacial score (nSPS) is 13.3. The van der Waals surface area contributed by atoms with Crippen molar-refractivity contribution in [3.05, 3.63) is 29.8 Å². The minimum Gasteiger partial charge on any atom is -0.399 e. The number of amides is 1. The van der Waals surface area contributed by atoms with E-state index in [1.165, 1.54) is 0 Å². The summed E-state index contributed by atoms with van der Waals surface area (Å²) in [5.41, 5.74) is 7.50. The van der Waals surface area contributed by atoms with Crippen LogP contribution in [0.3, 0.4) is 0 Å². The van der Waals surface area contributed by atoms with Crippen molar-refractivity contribution in [1.29, 1.82) is 0 Å². The van der Waals surface area contributed by atoms with Crippen LogP contribution in [0.5, 0.6) is 0 Å². The van der Waals surface area contributed by atoms with E-state index in [0.717, 1.165) is 17.7 Å². The molecule has 19 heavy (non-hydrogen) atoms. The largest absolute Gasteiger partial charge is 0.399 e. The second-order valence-electron chi connectivity index (χ2n) is 4.85. The first-order valence-electron chi connectivity index (χ1n) is 6.65. The molecule has 0 fully saturated rings. The minimum absolute atomic E-state index is 0.0476. The Bertz CT molecular complexity index is 445. The van der Waals surface area contributed by atoms with Gasteiger partial charge in [-0.3, -0.25) is 4.79 Å². The van der Waals surface area contributed by atoms with E-state index in [9.17, 15) is 4.79 Å². The quantitative estimate of drug-likeness (QED) is 0.609. The van der Waals surface area contributed by atoms with E-state index in [1.807, 2.05) is 38.1 Å². The summed E-state index contributed by atoms with van der Waals surface area (Å²) in [4.78, 5) is 11.9. The van der Waals surface area contributed by atoms with Gasteiger partial charge in [0, 0.05) is 24.6 Å². The molecule has 0 aliphatic heterocycles. The van der Waals surface area contributed by atoms with Gasteiger partial charge < -0.3 is 11.1 Å². The van der Waals surface area contributed by atoms with E-state index in [-0.39, 0.29) is 17.9 Å². The van der Waals surface area contributed by atoms with Crippen LogP contribution in [-0.4, -0.2) is 11.9 Å². The SMILES string of the molecule is C#CCC(CC)NC(=O)CC(C)c1ccc(N)cc1. The second kappa shape index (κ2) is 7.48. The lowest BCUT2D eigenvalue weighted by Crippen LogP contribution is -2.34. The number of rotatable bonds is 6. The third-order valence-corrected chi connectivity index (χ3v) is 3.22. The number of nitrogen functional groups attached to an aromatic ring is 1. The molecular weight excluding hydrogens is 236 g/mol. The zero-order valence-electron chi connectivity index (χ0n) is 11.6. The standard InChI is InChI=1S/C16H22N2O/c1-4-6-15(5-2)18-16(19)11-12(3)13-7-9-14(17)10-8-13/h1,7-10,12,15H,5-6,11,17H2,2-3H3,(H,18,19). The molecule has 1 aromatic carbocycles. The minimum atomic E-state index is 0.0476. The van der Waals surface area contributed by atoms with E-state index in [0.29, 0.717) is 12.8 Å². The van der Waals surface area contributed by atoms with Crippen molar-refractivity contribution in [2.75, 3.05) is 5.73 Å². The summed E-state index contributed by atoms with van der Waals surface area (Å²) in [6, 6.07) is 7.72. The van der Waals surface area contributed by atoms with Gasteiger partial charge in [-0.2, -0.15) is 0 Å². The van der Waals surface area contributed by atoms with Crippen molar-refractivity contribution in [3.63, 3.8) is 0 Å². The maximum atomic E-state index is 11.9. The first-order valence-corrected chi connectivity index (χ1v) is 6.65. The molecule has 0 aliphatic carbocycles. The summed E-state index contributed by atoms with van der Waals surface area (Å²) >= 11 is 0. The van der Waals surface area contributed by atoms with Crippen molar-refractivity contribution >= 4 is 11.6 Å². The predicted molar refractivity (Wildman–Crippen MR) is 79.6 cm³/mol. The van der Waals surface area contributed by atoms with E-state index < -0.39 is 0 Å². The summed E-state index contributed by atoms with van der Waals surface area (Å²) in [5, 5.41) is 2.97. The Morgan fingerprint density at radius 2 is 2.05 bits per heavy atom. The summed E-state index contributed by atoms with van der Waals surface area (Å²) < 4.78 is 0. The molecule has 3 nitrogen and oxygen atoms in total. The molecule has 0 saturated heterocycles. The Morgan fingerprint density at radius 3 is 2.58 bits per heavy atom. The number of hydrogen-bond donors (Lipinski definition) is 2. The van der Waals surface area contributed by atoms with Gasteiger partial charge in [0.2, 0.25) is 5.91 Å². The topological polar surface area (TPSA) is 55.1 Å². The van der Waals surface area contributed by atoms with Gasteiger partial charge in [-0.15, -0.1) is 12.3 Å². The molecule has 3 N–H and O–H groups in total. The first kappa shape index (κ1) is 15.1. The predicted octanol–water partition coefficient (Wildman–Crippen LogP) is 2.68. The first-order chi connectivity index (χ1) is 9.06. The van der Waals surface area contributed by atoms with E-state index in [4.69, 9.17) is 12.2 Å². The van der Waals surface area contributed by atoms with Crippen molar-refractivity contribution in [2.24, 2.45) is 0 Å². The number of benzene rings is 1. The summed E-state index contributed by atoms with van der Waals surface area (Å²) in [5.74, 6) is 2.80. The highest BCUT2D eigenvalue weighted by atomic mass is 16.1. The Morgan fingerprint density at radius 1 is 1.42 bits per heavy atom. The van der Waals surface area contributed by atoms with Crippen LogP contribution >= 0.6 is 0 Å². The van der Waals surface area contributed by atoms with Crippen LogP contribution in [0.2, 0.25) is 0 Å². The average molecular weight is 258 g/mol. The van der Waals surface area contributed by atoms with E-state index in [1.54, 1.807) is 0 Å². The van der Waals surface area contributed by atoms with Crippen LogP contribution < -0.4 is 11.1 Å². The van der Waals surface area contributed by atoms with Crippen molar-refractivity contribution in [2.45, 2.75) is 45.1 Å². The summed E-state index contributed by atoms with van der Waals surface area (Å²) in [6.07, 6.45) is 7.17. The van der Waals surface area contributed by atoms with Gasteiger partial charge in [-0.25, -0.2) is 0 Å². The molecule has 0 aliphatic rings. The second-order valence-corrected chi connectivity index (χ2v) is 4.85. The fourth-order valence-electron chi connectivity index (χ4n) is 1.95. The highest BCUT2D eigenvalue weighted by Crippen LogP contribution is 2.20. The number of carbonyl (C=O) groups is 1. The molecule has 0 spiro atoms.